The highest BCUT2D eigenvalue weighted by Gasteiger charge is 2.27. The lowest BCUT2D eigenvalue weighted by Gasteiger charge is -2.28. The van der Waals surface area contributed by atoms with Crippen LogP contribution in [0.15, 0.2) is 24.3 Å². The van der Waals surface area contributed by atoms with Crippen LogP contribution in [0.2, 0.25) is 0 Å². The maximum absolute atomic E-state index is 11.3. The molecule has 0 amide bonds. The van der Waals surface area contributed by atoms with E-state index in [2.05, 4.69) is 4.74 Å². The number of methoxy groups -OCH3 is 1. The summed E-state index contributed by atoms with van der Waals surface area (Å²) < 4.78 is 4.56. The summed E-state index contributed by atoms with van der Waals surface area (Å²) in [5.74, 6) is 1.98. The highest BCUT2D eigenvalue weighted by Crippen LogP contribution is 2.37. The molecule has 1 atom stereocenters. The number of carbonyl (C=O) groups excluding carboxylic acids is 1. The van der Waals surface area contributed by atoms with E-state index in [9.17, 15) is 9.90 Å². The van der Waals surface area contributed by atoms with Gasteiger partial charge in [-0.1, -0.05) is 24.3 Å². The van der Waals surface area contributed by atoms with Gasteiger partial charge >= 0.3 is 5.97 Å². The molecule has 1 aliphatic rings. The lowest BCUT2D eigenvalue weighted by molar-refractivity contribution is -0.150. The number of benzene rings is 1. The number of hydrogen-bond donors (Lipinski definition) is 1. The first-order chi connectivity index (χ1) is 7.74. The summed E-state index contributed by atoms with van der Waals surface area (Å²) in [4.78, 5) is 11.3. The fourth-order valence-corrected chi connectivity index (χ4v) is 2.62. The van der Waals surface area contributed by atoms with Crippen molar-refractivity contribution in [3.63, 3.8) is 0 Å². The van der Waals surface area contributed by atoms with E-state index >= 15 is 0 Å². The fourth-order valence-electron chi connectivity index (χ4n) is 1.79. The van der Waals surface area contributed by atoms with Crippen LogP contribution in [0.25, 0.3) is 0 Å². The van der Waals surface area contributed by atoms with Crippen molar-refractivity contribution in [3.05, 3.63) is 35.4 Å². The number of aliphatic hydroxyl groups excluding tert-OH is 1. The largest absolute Gasteiger partial charge is 0.467 e. The van der Waals surface area contributed by atoms with Gasteiger partial charge in [-0.05, 0) is 11.1 Å². The molecule has 0 spiro atoms. The molecule has 2 rings (SSSR count). The van der Waals surface area contributed by atoms with Gasteiger partial charge in [0.2, 0.25) is 0 Å². The van der Waals surface area contributed by atoms with E-state index < -0.39 is 12.1 Å². The first-order valence-electron chi connectivity index (χ1n) is 5.16. The summed E-state index contributed by atoms with van der Waals surface area (Å²) in [6.45, 7) is 0. The van der Waals surface area contributed by atoms with Crippen molar-refractivity contribution in [1.82, 2.24) is 0 Å². The number of ether oxygens (including phenoxy) is 1. The Labute approximate surface area is 98.8 Å². The van der Waals surface area contributed by atoms with Crippen molar-refractivity contribution in [1.29, 1.82) is 0 Å². The molecule has 1 N–H and O–H groups in total. The summed E-state index contributed by atoms with van der Waals surface area (Å²) >= 11 is 1.88. The molecule has 3 nitrogen and oxygen atoms in total. The maximum atomic E-state index is 11.3. The van der Waals surface area contributed by atoms with Crippen LogP contribution in [0, 0.1) is 0 Å². The minimum atomic E-state index is -1.16. The fraction of sp³-hybridized carbons (Fsp3) is 0.417. The predicted molar refractivity (Wildman–Crippen MR) is 63.5 cm³/mol. The highest BCUT2D eigenvalue weighted by molar-refractivity contribution is 8.00. The average molecular weight is 238 g/mol. The summed E-state index contributed by atoms with van der Waals surface area (Å²) in [7, 11) is 1.29. The Hall–Kier alpha value is -1.00. The van der Waals surface area contributed by atoms with Gasteiger partial charge in [0, 0.05) is 17.4 Å². The summed E-state index contributed by atoms with van der Waals surface area (Å²) in [6.07, 6.45) is -1.16. The van der Waals surface area contributed by atoms with Crippen LogP contribution < -0.4 is 0 Å². The van der Waals surface area contributed by atoms with E-state index in [0.717, 1.165) is 17.1 Å². The van der Waals surface area contributed by atoms with Gasteiger partial charge in [0.05, 0.1) is 7.11 Å². The van der Waals surface area contributed by atoms with Crippen LogP contribution in [-0.4, -0.2) is 29.7 Å². The number of carbonyl (C=O) groups is 1. The van der Waals surface area contributed by atoms with Crippen LogP contribution in [0.1, 0.15) is 23.1 Å². The zero-order chi connectivity index (χ0) is 11.5. The first kappa shape index (κ1) is 11.5. The van der Waals surface area contributed by atoms with Gasteiger partial charge in [0.1, 0.15) is 0 Å². The molecule has 86 valence electrons. The third-order valence-corrected chi connectivity index (χ3v) is 4.07. The van der Waals surface area contributed by atoms with E-state index in [-0.39, 0.29) is 0 Å². The third-order valence-electron chi connectivity index (χ3n) is 2.79. The Balaban J connectivity index is 2.28. The quantitative estimate of drug-likeness (QED) is 0.815. The normalized spacial score (nSPS) is 17.6. The van der Waals surface area contributed by atoms with Gasteiger partial charge in [-0.3, -0.25) is 0 Å². The number of rotatable bonds is 3. The molecule has 1 heterocycles. The Morgan fingerprint density at radius 3 is 2.75 bits per heavy atom. The molecule has 1 saturated heterocycles. The van der Waals surface area contributed by atoms with Gasteiger partial charge in [0.25, 0.3) is 0 Å². The maximum Gasteiger partial charge on any atom is 0.339 e. The van der Waals surface area contributed by atoms with Crippen LogP contribution >= 0.6 is 11.8 Å². The molecular weight excluding hydrogens is 224 g/mol. The van der Waals surface area contributed by atoms with Crippen molar-refractivity contribution in [3.8, 4) is 0 Å². The second-order valence-corrected chi connectivity index (χ2v) is 4.86. The van der Waals surface area contributed by atoms with Gasteiger partial charge in [-0.15, -0.1) is 0 Å². The summed E-state index contributed by atoms with van der Waals surface area (Å²) in [5, 5.41) is 9.86. The lowest BCUT2D eigenvalue weighted by atomic mass is 9.93. The second-order valence-electron chi connectivity index (χ2n) is 3.79. The Bertz CT molecular complexity index is 388. The zero-order valence-electron chi connectivity index (χ0n) is 9.05. The van der Waals surface area contributed by atoms with Crippen molar-refractivity contribution in [2.24, 2.45) is 0 Å². The van der Waals surface area contributed by atoms with Crippen LogP contribution in [0.4, 0.5) is 0 Å². The van der Waals surface area contributed by atoms with Crippen LogP contribution in [-0.2, 0) is 9.53 Å². The molecule has 1 fully saturated rings. The van der Waals surface area contributed by atoms with E-state index in [4.69, 9.17) is 0 Å². The molecule has 16 heavy (non-hydrogen) atoms. The molecule has 0 aromatic heterocycles. The predicted octanol–water partition coefficient (Wildman–Crippen LogP) is 1.72. The topological polar surface area (TPSA) is 46.5 Å². The minimum Gasteiger partial charge on any atom is -0.467 e. The Morgan fingerprint density at radius 2 is 2.19 bits per heavy atom. The smallest absolute Gasteiger partial charge is 0.339 e. The summed E-state index contributed by atoms with van der Waals surface area (Å²) in [5.41, 5.74) is 1.75. The van der Waals surface area contributed by atoms with Crippen LogP contribution in [0.3, 0.4) is 0 Å². The van der Waals surface area contributed by atoms with Gasteiger partial charge in [0.15, 0.2) is 6.10 Å². The van der Waals surface area contributed by atoms with E-state index in [1.54, 1.807) is 6.07 Å². The van der Waals surface area contributed by atoms with E-state index in [1.165, 1.54) is 7.11 Å². The number of aliphatic hydroxyl groups is 1. The van der Waals surface area contributed by atoms with E-state index in [0.29, 0.717) is 11.5 Å². The Kier molecular flexibility index (Phi) is 3.51. The van der Waals surface area contributed by atoms with Crippen molar-refractivity contribution < 1.29 is 14.6 Å². The average Bonchev–Trinajstić information content (AvgIpc) is 2.25. The highest BCUT2D eigenvalue weighted by atomic mass is 32.2. The lowest BCUT2D eigenvalue weighted by Crippen LogP contribution is -2.21. The van der Waals surface area contributed by atoms with Crippen molar-refractivity contribution in [2.75, 3.05) is 18.6 Å². The SMILES string of the molecule is COC(=O)C(O)c1ccccc1C1CSC1. The molecule has 0 radical (unpaired) electrons. The standard InChI is InChI=1S/C12H14O3S/c1-15-12(14)11(13)10-5-3-2-4-9(10)8-6-16-7-8/h2-5,8,11,13H,6-7H2,1H3. The molecule has 0 bridgehead atoms. The molecule has 1 aromatic rings. The second kappa shape index (κ2) is 4.89. The van der Waals surface area contributed by atoms with Gasteiger partial charge in [-0.2, -0.15) is 11.8 Å². The zero-order valence-corrected chi connectivity index (χ0v) is 9.87. The molecule has 0 saturated carbocycles. The number of hydrogen-bond acceptors (Lipinski definition) is 4. The van der Waals surface area contributed by atoms with Crippen molar-refractivity contribution in [2.45, 2.75) is 12.0 Å². The molecule has 1 aliphatic heterocycles. The molecule has 4 heteroatoms. The van der Waals surface area contributed by atoms with Gasteiger partial charge in [-0.25, -0.2) is 4.79 Å². The van der Waals surface area contributed by atoms with Gasteiger partial charge < -0.3 is 9.84 Å². The monoisotopic (exact) mass is 238 g/mol. The number of thioether (sulfide) groups is 1. The third kappa shape index (κ3) is 2.08. The first-order valence-corrected chi connectivity index (χ1v) is 6.32. The molecule has 1 unspecified atom stereocenters. The summed E-state index contributed by atoms with van der Waals surface area (Å²) in [6, 6.07) is 7.54. The molecule has 1 aromatic carbocycles. The van der Waals surface area contributed by atoms with Crippen LogP contribution in [0.5, 0.6) is 0 Å². The Morgan fingerprint density at radius 1 is 1.50 bits per heavy atom. The van der Waals surface area contributed by atoms with E-state index in [1.807, 2.05) is 30.0 Å². The molecular formula is C12H14O3S. The van der Waals surface area contributed by atoms with Crippen molar-refractivity contribution >= 4 is 17.7 Å². The molecule has 0 aliphatic carbocycles. The number of esters is 1. The minimum absolute atomic E-state index is 0.459.